The van der Waals surface area contributed by atoms with Crippen LogP contribution in [0.5, 0.6) is 0 Å². The molecule has 0 aliphatic heterocycles. The monoisotopic (exact) mass is 353 g/mol. The van der Waals surface area contributed by atoms with Crippen molar-refractivity contribution in [3.63, 3.8) is 0 Å². The number of halogens is 2. The van der Waals surface area contributed by atoms with Gasteiger partial charge < -0.3 is 4.42 Å². The summed E-state index contributed by atoms with van der Waals surface area (Å²) in [6.07, 6.45) is 0. The Labute approximate surface area is 134 Å². The average Bonchev–Trinajstić information content (AvgIpc) is 3.02. The lowest BCUT2D eigenvalue weighted by Crippen LogP contribution is -2.13. The molecule has 0 radical (unpaired) electrons. The SMILES string of the molecule is O=c1ccc(-c2ccc(S(=O)(=O)Nc3cc(F)ccc3F)o2)n[nH]1. The Morgan fingerprint density at radius 3 is 2.58 bits per heavy atom. The summed E-state index contributed by atoms with van der Waals surface area (Å²) in [6.45, 7) is 0. The van der Waals surface area contributed by atoms with Crippen LogP contribution in [0.2, 0.25) is 0 Å². The summed E-state index contributed by atoms with van der Waals surface area (Å²) in [7, 11) is -4.27. The molecule has 0 aliphatic carbocycles. The molecule has 0 saturated heterocycles. The zero-order valence-corrected chi connectivity index (χ0v) is 12.6. The molecule has 0 bridgehead atoms. The number of hydrogen-bond acceptors (Lipinski definition) is 5. The second-order valence-corrected chi connectivity index (χ2v) is 6.27. The summed E-state index contributed by atoms with van der Waals surface area (Å²) in [5, 5.41) is 5.36. The normalized spacial score (nSPS) is 11.4. The minimum absolute atomic E-state index is 0.0753. The van der Waals surface area contributed by atoms with Crippen LogP contribution in [-0.2, 0) is 10.0 Å². The van der Waals surface area contributed by atoms with Crippen LogP contribution in [0.4, 0.5) is 14.5 Å². The van der Waals surface area contributed by atoms with Crippen molar-refractivity contribution in [2.75, 3.05) is 4.72 Å². The van der Waals surface area contributed by atoms with Crippen molar-refractivity contribution in [1.29, 1.82) is 0 Å². The van der Waals surface area contributed by atoms with Crippen molar-refractivity contribution >= 4 is 15.7 Å². The van der Waals surface area contributed by atoms with Gasteiger partial charge in [-0.05, 0) is 30.3 Å². The van der Waals surface area contributed by atoms with Gasteiger partial charge in [0.25, 0.3) is 15.6 Å². The minimum Gasteiger partial charge on any atom is -0.441 e. The summed E-state index contributed by atoms with van der Waals surface area (Å²) in [5.74, 6) is -1.66. The first-order valence-electron chi connectivity index (χ1n) is 6.49. The molecule has 24 heavy (non-hydrogen) atoms. The molecule has 0 saturated carbocycles. The van der Waals surface area contributed by atoms with Crippen LogP contribution in [0.15, 0.2) is 56.8 Å². The van der Waals surface area contributed by atoms with Gasteiger partial charge in [0.15, 0.2) is 5.76 Å². The quantitative estimate of drug-likeness (QED) is 0.747. The number of aromatic nitrogens is 2. The first kappa shape index (κ1) is 15.9. The third-order valence-electron chi connectivity index (χ3n) is 2.95. The molecule has 0 spiro atoms. The van der Waals surface area contributed by atoms with Gasteiger partial charge in [-0.3, -0.25) is 9.52 Å². The average molecular weight is 353 g/mol. The maximum atomic E-state index is 13.6. The van der Waals surface area contributed by atoms with Crippen LogP contribution < -0.4 is 10.3 Å². The number of hydrogen-bond donors (Lipinski definition) is 2. The smallest absolute Gasteiger partial charge is 0.295 e. The molecule has 124 valence electrons. The van der Waals surface area contributed by atoms with Gasteiger partial charge in [0, 0.05) is 12.1 Å². The zero-order valence-electron chi connectivity index (χ0n) is 11.8. The van der Waals surface area contributed by atoms with Crippen molar-refractivity contribution in [2.45, 2.75) is 5.09 Å². The third-order valence-corrected chi connectivity index (χ3v) is 4.19. The first-order valence-corrected chi connectivity index (χ1v) is 7.97. The van der Waals surface area contributed by atoms with Crippen LogP contribution >= 0.6 is 0 Å². The van der Waals surface area contributed by atoms with E-state index in [0.717, 1.165) is 18.2 Å². The zero-order chi connectivity index (χ0) is 17.3. The van der Waals surface area contributed by atoms with E-state index in [4.69, 9.17) is 4.42 Å². The fourth-order valence-electron chi connectivity index (χ4n) is 1.85. The molecule has 0 aliphatic rings. The van der Waals surface area contributed by atoms with Gasteiger partial charge in [0.1, 0.15) is 17.3 Å². The van der Waals surface area contributed by atoms with E-state index in [-0.39, 0.29) is 11.5 Å². The summed E-state index contributed by atoms with van der Waals surface area (Å²) in [4.78, 5) is 11.0. The first-order chi connectivity index (χ1) is 11.3. The fraction of sp³-hybridized carbons (Fsp3) is 0. The Bertz CT molecular complexity index is 1040. The van der Waals surface area contributed by atoms with E-state index in [0.29, 0.717) is 6.07 Å². The maximum Gasteiger partial charge on any atom is 0.295 e. The number of sulfonamides is 1. The molecule has 3 aromatic rings. The number of rotatable bonds is 4. The highest BCUT2D eigenvalue weighted by molar-refractivity contribution is 7.92. The number of nitrogens with zero attached hydrogens (tertiary/aromatic N) is 1. The predicted octanol–water partition coefficient (Wildman–Crippen LogP) is 2.11. The molecule has 2 heterocycles. The molecule has 0 unspecified atom stereocenters. The fourth-order valence-corrected chi connectivity index (χ4v) is 2.85. The largest absolute Gasteiger partial charge is 0.441 e. The van der Waals surface area contributed by atoms with E-state index < -0.39 is 38.0 Å². The van der Waals surface area contributed by atoms with Gasteiger partial charge in [0.05, 0.1) is 5.69 Å². The highest BCUT2D eigenvalue weighted by Crippen LogP contribution is 2.25. The highest BCUT2D eigenvalue weighted by Gasteiger charge is 2.21. The number of benzene rings is 1. The van der Waals surface area contributed by atoms with Gasteiger partial charge in [-0.1, -0.05) is 0 Å². The van der Waals surface area contributed by atoms with Crippen molar-refractivity contribution in [3.05, 3.63) is 64.5 Å². The van der Waals surface area contributed by atoms with Crippen LogP contribution in [0.1, 0.15) is 0 Å². The topological polar surface area (TPSA) is 105 Å². The second-order valence-electron chi connectivity index (χ2n) is 4.65. The molecule has 10 heteroatoms. The van der Waals surface area contributed by atoms with Gasteiger partial charge in [0.2, 0.25) is 5.09 Å². The van der Waals surface area contributed by atoms with Crippen molar-refractivity contribution < 1.29 is 21.6 Å². The highest BCUT2D eigenvalue weighted by atomic mass is 32.2. The third kappa shape index (κ3) is 3.18. The number of furan rings is 1. The van der Waals surface area contributed by atoms with E-state index in [9.17, 15) is 22.0 Å². The van der Waals surface area contributed by atoms with E-state index in [1.54, 1.807) is 0 Å². The van der Waals surface area contributed by atoms with Gasteiger partial charge in [-0.2, -0.15) is 13.5 Å². The Kier molecular flexibility index (Phi) is 3.89. The summed E-state index contributed by atoms with van der Waals surface area (Å²) in [5.41, 5.74) is -0.774. The van der Waals surface area contributed by atoms with Crippen molar-refractivity contribution in [3.8, 4) is 11.5 Å². The Morgan fingerprint density at radius 2 is 1.88 bits per heavy atom. The second kappa shape index (κ2) is 5.89. The lowest BCUT2D eigenvalue weighted by molar-refractivity contribution is 0.461. The molecule has 2 N–H and O–H groups in total. The molecule has 7 nitrogen and oxygen atoms in total. The number of aromatic amines is 1. The van der Waals surface area contributed by atoms with Gasteiger partial charge in [-0.25, -0.2) is 13.9 Å². The number of nitrogens with one attached hydrogen (secondary N) is 2. The maximum absolute atomic E-state index is 13.6. The standard InChI is InChI=1S/C14H9F2N3O4S/c15-8-1-2-9(16)11(7-8)19-24(21,22)14-6-4-12(23-14)10-3-5-13(20)18-17-10/h1-7,19H,(H,18,20). The molecular weight excluding hydrogens is 344 g/mol. The molecule has 1 aromatic carbocycles. The number of H-pyrrole nitrogens is 1. The van der Waals surface area contributed by atoms with E-state index in [1.165, 1.54) is 18.2 Å². The van der Waals surface area contributed by atoms with E-state index in [2.05, 4.69) is 10.2 Å². The van der Waals surface area contributed by atoms with Gasteiger partial charge >= 0.3 is 0 Å². The number of anilines is 1. The van der Waals surface area contributed by atoms with Crippen LogP contribution in [0.25, 0.3) is 11.5 Å². The Hall–Kier alpha value is -3.01. The predicted molar refractivity (Wildman–Crippen MR) is 79.7 cm³/mol. The summed E-state index contributed by atoms with van der Waals surface area (Å²) >= 11 is 0. The molecule has 0 atom stereocenters. The van der Waals surface area contributed by atoms with E-state index >= 15 is 0 Å². The van der Waals surface area contributed by atoms with Crippen molar-refractivity contribution in [1.82, 2.24) is 10.2 Å². The Morgan fingerprint density at radius 1 is 1.08 bits per heavy atom. The van der Waals surface area contributed by atoms with E-state index in [1.807, 2.05) is 4.72 Å². The van der Waals surface area contributed by atoms with Crippen LogP contribution in [-0.4, -0.2) is 18.6 Å². The molecule has 0 fully saturated rings. The lowest BCUT2D eigenvalue weighted by atomic mass is 10.3. The summed E-state index contributed by atoms with van der Waals surface area (Å²) < 4.78 is 58.1. The lowest BCUT2D eigenvalue weighted by Gasteiger charge is -2.06. The van der Waals surface area contributed by atoms with Crippen LogP contribution in [0.3, 0.4) is 0 Å². The summed E-state index contributed by atoms with van der Waals surface area (Å²) in [6, 6.07) is 7.34. The van der Waals surface area contributed by atoms with Crippen LogP contribution in [0, 0.1) is 11.6 Å². The minimum atomic E-state index is -4.27. The molecule has 3 rings (SSSR count). The molecule has 2 aromatic heterocycles. The molecule has 0 amide bonds. The Balaban J connectivity index is 1.92. The van der Waals surface area contributed by atoms with Gasteiger partial charge in [-0.15, -0.1) is 0 Å². The molecular formula is C14H9F2N3O4S. The van der Waals surface area contributed by atoms with Crippen molar-refractivity contribution in [2.24, 2.45) is 0 Å².